The van der Waals surface area contributed by atoms with Crippen LogP contribution in [0.15, 0.2) is 76.7 Å². The number of amides is 1. The van der Waals surface area contributed by atoms with Crippen molar-refractivity contribution < 1.29 is 23.1 Å². The van der Waals surface area contributed by atoms with Gasteiger partial charge < -0.3 is 9.84 Å². The van der Waals surface area contributed by atoms with E-state index in [1.807, 2.05) is 0 Å². The van der Waals surface area contributed by atoms with Gasteiger partial charge in [0.1, 0.15) is 18.0 Å². The summed E-state index contributed by atoms with van der Waals surface area (Å²) >= 11 is 11.8. The van der Waals surface area contributed by atoms with Crippen LogP contribution in [0.5, 0.6) is 11.5 Å². The molecular weight excluding hydrogens is 489 g/mol. The molecule has 0 aromatic heterocycles. The van der Waals surface area contributed by atoms with Gasteiger partial charge in [-0.15, -0.1) is 0 Å². The van der Waals surface area contributed by atoms with Gasteiger partial charge in [-0.05, 0) is 36.4 Å². The monoisotopic (exact) mass is 507 g/mol. The Morgan fingerprint density at radius 3 is 2.48 bits per heavy atom. The quantitative estimate of drug-likeness (QED) is 0.353. The third kappa shape index (κ3) is 5.75. The van der Waals surface area contributed by atoms with Crippen LogP contribution in [0.25, 0.3) is 0 Å². The fraction of sp³-hybridized carbons (Fsp3) is 0.0909. The summed E-state index contributed by atoms with van der Waals surface area (Å²) in [6.45, 7) is -0.586. The van der Waals surface area contributed by atoms with Gasteiger partial charge >= 0.3 is 0 Å². The van der Waals surface area contributed by atoms with E-state index < -0.39 is 22.5 Å². The van der Waals surface area contributed by atoms with E-state index in [9.17, 15) is 18.3 Å². The number of phenolic OH excluding ortho intramolecular Hbond substituents is 1. The van der Waals surface area contributed by atoms with Gasteiger partial charge in [0.2, 0.25) is 0 Å². The van der Waals surface area contributed by atoms with Crippen LogP contribution in [0.2, 0.25) is 10.0 Å². The van der Waals surface area contributed by atoms with E-state index >= 15 is 0 Å². The first-order valence-corrected chi connectivity index (χ1v) is 11.6. The molecule has 0 radical (unpaired) electrons. The zero-order valence-electron chi connectivity index (χ0n) is 17.3. The van der Waals surface area contributed by atoms with Crippen molar-refractivity contribution in [2.75, 3.05) is 18.0 Å². The number of ether oxygens (including phenoxy) is 1. The maximum atomic E-state index is 13.3. The Bertz CT molecular complexity index is 1280. The molecule has 172 valence electrons. The van der Waals surface area contributed by atoms with E-state index in [0.717, 1.165) is 10.5 Å². The number of nitrogens with zero attached hydrogens (tertiary/aromatic N) is 2. The Kier molecular flexibility index (Phi) is 7.80. The minimum atomic E-state index is -4.11. The molecule has 33 heavy (non-hydrogen) atoms. The summed E-state index contributed by atoms with van der Waals surface area (Å²) < 4.78 is 32.9. The van der Waals surface area contributed by atoms with Crippen LogP contribution in [0.1, 0.15) is 5.56 Å². The number of hydrogen-bond donors (Lipinski definition) is 2. The zero-order valence-corrected chi connectivity index (χ0v) is 19.6. The number of anilines is 1. The molecule has 0 atom stereocenters. The molecule has 0 unspecified atom stereocenters. The number of carbonyl (C=O) groups is 1. The van der Waals surface area contributed by atoms with Crippen molar-refractivity contribution in [3.63, 3.8) is 0 Å². The molecule has 11 heteroatoms. The second-order valence-electron chi connectivity index (χ2n) is 6.62. The van der Waals surface area contributed by atoms with Crippen LogP contribution >= 0.6 is 23.2 Å². The second kappa shape index (κ2) is 10.6. The first-order valence-electron chi connectivity index (χ1n) is 9.44. The highest BCUT2D eigenvalue weighted by Gasteiger charge is 2.29. The van der Waals surface area contributed by atoms with Crippen molar-refractivity contribution in [2.24, 2.45) is 5.10 Å². The molecule has 2 N–H and O–H groups in total. The molecule has 3 aromatic rings. The number of carbonyl (C=O) groups excluding carboxylic acids is 1. The van der Waals surface area contributed by atoms with E-state index in [1.165, 1.54) is 37.4 Å². The average molecular weight is 508 g/mol. The van der Waals surface area contributed by atoms with E-state index in [1.54, 1.807) is 36.4 Å². The molecule has 0 aliphatic rings. The Balaban J connectivity index is 1.89. The maximum Gasteiger partial charge on any atom is 0.264 e. The van der Waals surface area contributed by atoms with Crippen LogP contribution in [-0.2, 0) is 14.8 Å². The Morgan fingerprint density at radius 2 is 1.79 bits per heavy atom. The first kappa shape index (κ1) is 24.4. The minimum Gasteiger partial charge on any atom is -0.506 e. The lowest BCUT2D eigenvalue weighted by molar-refractivity contribution is -0.119. The molecule has 0 saturated carbocycles. The Morgan fingerprint density at radius 1 is 1.12 bits per heavy atom. The van der Waals surface area contributed by atoms with Gasteiger partial charge in [0.15, 0.2) is 0 Å². The molecule has 0 fully saturated rings. The Hall–Kier alpha value is -3.27. The standard InChI is InChI=1S/C22H19Cl2N3O5S/c1-32-20-10-6-5-9-19(20)27(33(30,31)17-7-3-2-4-8-17)14-21(28)26-25-13-15-11-16(23)12-18(24)22(15)29/h2-13,29H,14H2,1H3,(H,26,28)/b25-13+. The third-order valence-corrected chi connectivity index (χ3v) is 6.70. The Labute approximate surface area is 201 Å². The normalized spacial score (nSPS) is 11.4. The lowest BCUT2D eigenvalue weighted by Gasteiger charge is -2.25. The highest BCUT2D eigenvalue weighted by Crippen LogP contribution is 2.32. The minimum absolute atomic E-state index is 0.00528. The van der Waals surface area contributed by atoms with Gasteiger partial charge in [-0.1, -0.05) is 53.5 Å². The lowest BCUT2D eigenvalue weighted by Crippen LogP contribution is -2.39. The molecule has 0 aliphatic carbocycles. The van der Waals surface area contributed by atoms with E-state index in [-0.39, 0.29) is 37.7 Å². The van der Waals surface area contributed by atoms with Crippen LogP contribution in [0.4, 0.5) is 5.69 Å². The summed E-state index contributed by atoms with van der Waals surface area (Å²) in [5, 5.41) is 14.0. The summed E-state index contributed by atoms with van der Waals surface area (Å²) in [7, 11) is -2.71. The number of halogens is 2. The molecule has 0 heterocycles. The molecule has 8 nitrogen and oxygen atoms in total. The summed E-state index contributed by atoms with van der Waals surface area (Å²) in [6.07, 6.45) is 1.14. The smallest absolute Gasteiger partial charge is 0.264 e. The largest absolute Gasteiger partial charge is 0.506 e. The van der Waals surface area contributed by atoms with Crippen LogP contribution in [0, 0.1) is 0 Å². The predicted molar refractivity (Wildman–Crippen MR) is 128 cm³/mol. The van der Waals surface area contributed by atoms with Crippen molar-refractivity contribution in [1.82, 2.24) is 5.43 Å². The number of para-hydroxylation sites is 2. The molecular formula is C22H19Cl2N3O5S. The fourth-order valence-corrected chi connectivity index (χ4v) is 4.84. The second-order valence-corrected chi connectivity index (χ2v) is 9.32. The van der Waals surface area contributed by atoms with Crippen molar-refractivity contribution in [2.45, 2.75) is 4.90 Å². The number of hydrazone groups is 1. The molecule has 3 rings (SSSR count). The summed E-state index contributed by atoms with van der Waals surface area (Å²) in [6, 6.07) is 16.9. The summed E-state index contributed by atoms with van der Waals surface area (Å²) in [5.41, 5.74) is 2.60. The topological polar surface area (TPSA) is 108 Å². The first-order chi connectivity index (χ1) is 15.7. The highest BCUT2D eigenvalue weighted by atomic mass is 35.5. The van der Waals surface area contributed by atoms with E-state index in [2.05, 4.69) is 10.5 Å². The highest BCUT2D eigenvalue weighted by molar-refractivity contribution is 7.92. The van der Waals surface area contributed by atoms with Crippen LogP contribution < -0.4 is 14.5 Å². The van der Waals surface area contributed by atoms with Gasteiger partial charge in [-0.25, -0.2) is 13.8 Å². The maximum absolute atomic E-state index is 13.3. The van der Waals surface area contributed by atoms with Crippen molar-refractivity contribution >= 4 is 51.0 Å². The number of phenols is 1. The predicted octanol–water partition coefficient (Wildman–Crippen LogP) is 4.05. The van der Waals surface area contributed by atoms with Gasteiger partial charge in [-0.2, -0.15) is 5.10 Å². The average Bonchev–Trinajstić information content (AvgIpc) is 2.81. The van der Waals surface area contributed by atoms with Crippen LogP contribution in [-0.4, -0.2) is 39.3 Å². The molecule has 0 aliphatic heterocycles. The number of methoxy groups -OCH3 is 1. The van der Waals surface area contributed by atoms with E-state index in [4.69, 9.17) is 27.9 Å². The van der Waals surface area contributed by atoms with Crippen molar-refractivity contribution in [3.8, 4) is 11.5 Å². The number of rotatable bonds is 8. The zero-order chi connectivity index (χ0) is 24.0. The van der Waals surface area contributed by atoms with Crippen molar-refractivity contribution in [3.05, 3.63) is 82.3 Å². The van der Waals surface area contributed by atoms with Gasteiger partial charge in [-0.3, -0.25) is 9.10 Å². The number of aromatic hydroxyl groups is 1. The SMILES string of the molecule is COc1ccccc1N(CC(=O)N/N=C/c1cc(Cl)cc(Cl)c1O)S(=O)(=O)c1ccccc1. The van der Waals surface area contributed by atoms with Crippen LogP contribution in [0.3, 0.4) is 0 Å². The third-order valence-electron chi connectivity index (χ3n) is 4.42. The van der Waals surface area contributed by atoms with Gasteiger partial charge in [0.05, 0.1) is 28.9 Å². The number of sulfonamides is 1. The molecule has 1 amide bonds. The van der Waals surface area contributed by atoms with Gasteiger partial charge in [0, 0.05) is 10.6 Å². The molecule has 0 saturated heterocycles. The van der Waals surface area contributed by atoms with Crippen molar-refractivity contribution in [1.29, 1.82) is 0 Å². The van der Waals surface area contributed by atoms with Gasteiger partial charge in [0.25, 0.3) is 15.9 Å². The molecule has 0 spiro atoms. The number of benzene rings is 3. The lowest BCUT2D eigenvalue weighted by atomic mass is 10.2. The number of nitrogens with one attached hydrogen (secondary N) is 1. The van der Waals surface area contributed by atoms with E-state index in [0.29, 0.717) is 0 Å². The summed E-state index contributed by atoms with van der Waals surface area (Å²) in [5.74, 6) is -0.725. The number of hydrogen-bond acceptors (Lipinski definition) is 6. The fourth-order valence-electron chi connectivity index (χ4n) is 2.88. The molecule has 3 aromatic carbocycles. The summed E-state index contributed by atoms with van der Waals surface area (Å²) in [4.78, 5) is 12.6. The molecule has 0 bridgehead atoms.